The second-order valence-electron chi connectivity index (χ2n) is 6.80. The van der Waals surface area contributed by atoms with Crippen molar-refractivity contribution in [3.05, 3.63) is 101 Å². The summed E-state index contributed by atoms with van der Waals surface area (Å²) in [6.07, 6.45) is 4.41. The number of nitrogens with zero attached hydrogens (tertiary/aromatic N) is 4. The van der Waals surface area contributed by atoms with Gasteiger partial charge >= 0.3 is 0 Å². The van der Waals surface area contributed by atoms with Gasteiger partial charge in [-0.25, -0.2) is 23.0 Å². The van der Waals surface area contributed by atoms with Gasteiger partial charge in [0.2, 0.25) is 0 Å². The zero-order valence-corrected chi connectivity index (χ0v) is 15.8. The van der Waals surface area contributed by atoms with Gasteiger partial charge in [-0.05, 0) is 48.0 Å². The molecule has 152 valence electrons. The number of halogens is 2. The summed E-state index contributed by atoms with van der Waals surface area (Å²) in [6, 6.07) is 12.5. The van der Waals surface area contributed by atoms with Gasteiger partial charge < -0.3 is 0 Å². The van der Waals surface area contributed by atoms with E-state index in [0.29, 0.717) is 16.7 Å². The Hall–Kier alpha value is -4.40. The molecule has 0 bridgehead atoms. The maximum atomic E-state index is 13.2. The molecule has 1 N–H and O–H groups in total. The SMILES string of the molecule is O=C(Nn1ccc2c(cnc3c(-c4ccc(F)cc4)cnn32)c1=O)c1ccc(F)cc1. The van der Waals surface area contributed by atoms with Crippen LogP contribution in [0.1, 0.15) is 10.4 Å². The van der Waals surface area contributed by atoms with Crippen molar-refractivity contribution in [3.63, 3.8) is 0 Å². The van der Waals surface area contributed by atoms with Crippen LogP contribution < -0.4 is 11.0 Å². The van der Waals surface area contributed by atoms with E-state index in [4.69, 9.17) is 0 Å². The van der Waals surface area contributed by atoms with E-state index in [1.165, 1.54) is 41.2 Å². The van der Waals surface area contributed by atoms with Crippen LogP contribution in [-0.4, -0.2) is 25.2 Å². The predicted octanol–water partition coefficient (Wildman–Crippen LogP) is 3.37. The molecule has 1 amide bonds. The van der Waals surface area contributed by atoms with Gasteiger partial charge in [0.15, 0.2) is 5.65 Å². The zero-order chi connectivity index (χ0) is 21.5. The van der Waals surface area contributed by atoms with E-state index in [2.05, 4.69) is 15.5 Å². The Bertz CT molecular complexity index is 1510. The molecular formula is C22H13F2N5O2. The largest absolute Gasteiger partial charge is 0.280 e. The fourth-order valence-electron chi connectivity index (χ4n) is 3.31. The van der Waals surface area contributed by atoms with E-state index in [1.54, 1.807) is 24.4 Å². The molecule has 0 radical (unpaired) electrons. The standard InChI is InChI=1S/C22H13F2N5O2/c23-15-5-1-13(2-6-15)17-12-26-29-19-9-10-28(22(31)18(19)11-25-20(17)29)27-21(30)14-3-7-16(24)8-4-14/h1-12H,(H,27,30). The van der Waals surface area contributed by atoms with E-state index in [9.17, 15) is 18.4 Å². The molecule has 31 heavy (non-hydrogen) atoms. The van der Waals surface area contributed by atoms with Gasteiger partial charge in [0.05, 0.1) is 17.1 Å². The van der Waals surface area contributed by atoms with Gasteiger partial charge in [-0.3, -0.25) is 15.0 Å². The molecule has 5 rings (SSSR count). The molecule has 0 saturated heterocycles. The van der Waals surface area contributed by atoms with Gasteiger partial charge in [0.1, 0.15) is 11.6 Å². The molecule has 7 nitrogen and oxygen atoms in total. The molecule has 0 spiro atoms. The average Bonchev–Trinajstić information content (AvgIpc) is 3.21. The summed E-state index contributed by atoms with van der Waals surface area (Å²) in [4.78, 5) is 29.6. The first kappa shape index (κ1) is 18.6. The summed E-state index contributed by atoms with van der Waals surface area (Å²) >= 11 is 0. The highest BCUT2D eigenvalue weighted by Crippen LogP contribution is 2.25. The number of carbonyl (C=O) groups excluding carboxylic acids is 1. The van der Waals surface area contributed by atoms with Gasteiger partial charge in [-0.15, -0.1) is 0 Å². The van der Waals surface area contributed by atoms with Crippen molar-refractivity contribution in [1.29, 1.82) is 0 Å². The molecule has 2 aromatic carbocycles. The number of amides is 1. The smallest absolute Gasteiger partial charge is 0.267 e. The van der Waals surface area contributed by atoms with Crippen molar-refractivity contribution >= 4 is 22.5 Å². The van der Waals surface area contributed by atoms with Crippen molar-refractivity contribution in [1.82, 2.24) is 19.3 Å². The second kappa shape index (κ2) is 7.13. The molecule has 0 aliphatic carbocycles. The molecule has 0 aliphatic heterocycles. The van der Waals surface area contributed by atoms with E-state index >= 15 is 0 Å². The van der Waals surface area contributed by atoms with Crippen LogP contribution >= 0.6 is 0 Å². The normalized spacial score (nSPS) is 11.2. The van der Waals surface area contributed by atoms with E-state index in [1.807, 2.05) is 0 Å². The van der Waals surface area contributed by atoms with Crippen molar-refractivity contribution in [2.45, 2.75) is 0 Å². The van der Waals surface area contributed by atoms with Crippen molar-refractivity contribution < 1.29 is 13.6 Å². The molecule has 3 heterocycles. The number of fused-ring (bicyclic) bond motifs is 3. The third-order valence-corrected chi connectivity index (χ3v) is 4.88. The summed E-state index contributed by atoms with van der Waals surface area (Å²) in [7, 11) is 0. The molecular weight excluding hydrogens is 404 g/mol. The lowest BCUT2D eigenvalue weighted by Gasteiger charge is -2.10. The number of carbonyl (C=O) groups is 1. The Labute approximate surface area is 173 Å². The minimum atomic E-state index is -0.562. The van der Waals surface area contributed by atoms with Crippen LogP contribution in [0.3, 0.4) is 0 Å². The molecule has 0 aliphatic rings. The Kier molecular flexibility index (Phi) is 4.28. The van der Waals surface area contributed by atoms with E-state index in [-0.39, 0.29) is 16.8 Å². The van der Waals surface area contributed by atoms with Crippen LogP contribution in [0.4, 0.5) is 8.78 Å². The van der Waals surface area contributed by atoms with Crippen LogP contribution in [0.15, 0.2) is 78.0 Å². The van der Waals surface area contributed by atoms with Crippen LogP contribution in [0.5, 0.6) is 0 Å². The molecule has 0 unspecified atom stereocenters. The summed E-state index contributed by atoms with van der Waals surface area (Å²) in [5.74, 6) is -1.37. The first-order valence-corrected chi connectivity index (χ1v) is 9.22. The molecule has 9 heteroatoms. The lowest BCUT2D eigenvalue weighted by molar-refractivity contribution is 0.101. The lowest BCUT2D eigenvalue weighted by atomic mass is 10.1. The average molecular weight is 417 g/mol. The number of pyridine rings is 1. The van der Waals surface area contributed by atoms with Crippen LogP contribution in [0.2, 0.25) is 0 Å². The number of benzene rings is 2. The topological polar surface area (TPSA) is 81.3 Å². The van der Waals surface area contributed by atoms with E-state index < -0.39 is 17.3 Å². The fraction of sp³-hybridized carbons (Fsp3) is 0. The second-order valence-corrected chi connectivity index (χ2v) is 6.80. The molecule has 0 fully saturated rings. The Morgan fingerprint density at radius 1 is 0.903 bits per heavy atom. The monoisotopic (exact) mass is 417 g/mol. The third kappa shape index (κ3) is 3.21. The third-order valence-electron chi connectivity index (χ3n) is 4.88. The minimum Gasteiger partial charge on any atom is -0.267 e. The molecule has 5 aromatic rings. The molecule has 0 saturated carbocycles. The summed E-state index contributed by atoms with van der Waals surface area (Å²) in [6.45, 7) is 0. The van der Waals surface area contributed by atoms with Crippen LogP contribution in [0, 0.1) is 11.6 Å². The number of nitrogens with one attached hydrogen (secondary N) is 1. The Morgan fingerprint density at radius 2 is 1.58 bits per heavy atom. The molecule has 0 atom stereocenters. The van der Waals surface area contributed by atoms with Gasteiger partial charge in [0.25, 0.3) is 11.5 Å². The van der Waals surface area contributed by atoms with Crippen molar-refractivity contribution in [2.24, 2.45) is 0 Å². The minimum absolute atomic E-state index is 0.206. The van der Waals surface area contributed by atoms with Gasteiger partial charge in [-0.1, -0.05) is 12.1 Å². The van der Waals surface area contributed by atoms with Gasteiger partial charge in [-0.2, -0.15) is 5.10 Å². The van der Waals surface area contributed by atoms with Crippen molar-refractivity contribution in [2.75, 3.05) is 5.43 Å². The van der Waals surface area contributed by atoms with Crippen molar-refractivity contribution in [3.8, 4) is 11.1 Å². The van der Waals surface area contributed by atoms with Crippen LogP contribution in [-0.2, 0) is 0 Å². The van der Waals surface area contributed by atoms with Crippen LogP contribution in [0.25, 0.3) is 27.7 Å². The quantitative estimate of drug-likeness (QED) is 0.488. The maximum absolute atomic E-state index is 13.2. The number of hydrogen-bond acceptors (Lipinski definition) is 4. The number of hydrogen-bond donors (Lipinski definition) is 1. The highest BCUT2D eigenvalue weighted by atomic mass is 19.1. The summed E-state index contributed by atoms with van der Waals surface area (Å²) in [5, 5.41) is 4.56. The Balaban J connectivity index is 1.55. The maximum Gasteiger partial charge on any atom is 0.280 e. The summed E-state index contributed by atoms with van der Waals surface area (Å²) < 4.78 is 28.8. The number of aromatic nitrogens is 4. The number of rotatable bonds is 3. The highest BCUT2D eigenvalue weighted by molar-refractivity contribution is 6.00. The first-order valence-electron chi connectivity index (χ1n) is 9.22. The van der Waals surface area contributed by atoms with Gasteiger partial charge in [0, 0.05) is 23.5 Å². The summed E-state index contributed by atoms with van der Waals surface area (Å²) in [5.41, 5.74) is 4.61. The lowest BCUT2D eigenvalue weighted by Crippen LogP contribution is -2.33. The fourth-order valence-corrected chi connectivity index (χ4v) is 3.31. The first-order chi connectivity index (χ1) is 15.0. The zero-order valence-electron chi connectivity index (χ0n) is 15.8. The Morgan fingerprint density at radius 3 is 2.29 bits per heavy atom. The highest BCUT2D eigenvalue weighted by Gasteiger charge is 2.14. The molecule has 3 aromatic heterocycles. The van der Waals surface area contributed by atoms with E-state index in [0.717, 1.165) is 22.4 Å². The predicted molar refractivity (Wildman–Crippen MR) is 110 cm³/mol.